The number of imidazole rings is 1. The van der Waals surface area contributed by atoms with E-state index in [0.29, 0.717) is 37.4 Å². The maximum atomic E-state index is 13.3. The minimum atomic E-state index is -0.682. The van der Waals surface area contributed by atoms with Gasteiger partial charge in [0.15, 0.2) is 0 Å². The highest BCUT2D eigenvalue weighted by Crippen LogP contribution is 2.39. The maximum absolute atomic E-state index is 13.3. The third kappa shape index (κ3) is 6.06. The minimum absolute atomic E-state index is 0.0947. The zero-order chi connectivity index (χ0) is 27.4. The molecule has 2 heterocycles. The number of rotatable bonds is 9. The van der Waals surface area contributed by atoms with E-state index in [1.165, 1.54) is 0 Å². The van der Waals surface area contributed by atoms with Crippen molar-refractivity contribution in [3.63, 3.8) is 0 Å². The van der Waals surface area contributed by atoms with Gasteiger partial charge >= 0.3 is 0 Å². The first-order chi connectivity index (χ1) is 18.9. The molecule has 4 aromatic rings. The highest BCUT2D eigenvalue weighted by atomic mass is 127. The second-order valence-electron chi connectivity index (χ2n) is 9.50. The number of ether oxygens (including phenoxy) is 1. The molecule has 1 aromatic heterocycles. The summed E-state index contributed by atoms with van der Waals surface area (Å²) in [6.07, 6.45) is 5.92. The van der Waals surface area contributed by atoms with E-state index in [1.807, 2.05) is 60.2 Å². The van der Waals surface area contributed by atoms with Crippen LogP contribution in [0.5, 0.6) is 5.75 Å². The molecule has 0 radical (unpaired) electrons. The fourth-order valence-electron chi connectivity index (χ4n) is 4.78. The predicted molar refractivity (Wildman–Crippen MR) is 157 cm³/mol. The summed E-state index contributed by atoms with van der Waals surface area (Å²) in [5.41, 5.74) is 3.55. The largest absolute Gasteiger partial charge is 0.507 e. The van der Waals surface area contributed by atoms with Gasteiger partial charge in [0.2, 0.25) is 0 Å². The van der Waals surface area contributed by atoms with Crippen molar-refractivity contribution in [1.29, 1.82) is 0 Å². The first kappa shape index (κ1) is 26.7. The van der Waals surface area contributed by atoms with Gasteiger partial charge in [0.1, 0.15) is 18.1 Å². The monoisotopic (exact) mass is 633 g/mol. The number of ketones is 1. The van der Waals surface area contributed by atoms with Crippen LogP contribution in [0.1, 0.15) is 34.7 Å². The number of benzene rings is 3. The molecule has 1 fully saturated rings. The summed E-state index contributed by atoms with van der Waals surface area (Å²) in [7, 11) is 0. The number of hydrogen-bond donors (Lipinski definition) is 1. The van der Waals surface area contributed by atoms with E-state index >= 15 is 0 Å². The molecule has 0 bridgehead atoms. The molecule has 0 aliphatic carbocycles. The van der Waals surface area contributed by atoms with Crippen molar-refractivity contribution in [2.75, 3.05) is 6.54 Å². The van der Waals surface area contributed by atoms with Gasteiger partial charge in [-0.2, -0.15) is 0 Å². The van der Waals surface area contributed by atoms with Crippen LogP contribution in [0.2, 0.25) is 0 Å². The third-order valence-corrected chi connectivity index (χ3v) is 7.44. The van der Waals surface area contributed by atoms with E-state index in [0.717, 1.165) is 20.3 Å². The number of aliphatic hydroxyl groups is 1. The molecule has 1 aliphatic rings. The van der Waals surface area contributed by atoms with Crippen LogP contribution < -0.4 is 4.74 Å². The van der Waals surface area contributed by atoms with Gasteiger partial charge in [-0.1, -0.05) is 42.0 Å². The van der Waals surface area contributed by atoms with Gasteiger partial charge in [-0.05, 0) is 83.5 Å². The summed E-state index contributed by atoms with van der Waals surface area (Å²) >= 11 is 2.22. The third-order valence-electron chi connectivity index (χ3n) is 6.72. The molecule has 5 rings (SSSR count). The van der Waals surface area contributed by atoms with Crippen molar-refractivity contribution >= 4 is 40.0 Å². The summed E-state index contributed by atoms with van der Waals surface area (Å²) < 4.78 is 8.87. The zero-order valence-electron chi connectivity index (χ0n) is 21.5. The quantitative estimate of drug-likeness (QED) is 0.108. The van der Waals surface area contributed by atoms with Gasteiger partial charge < -0.3 is 19.3 Å². The first-order valence-electron chi connectivity index (χ1n) is 12.7. The number of carbonyl (C=O) groups excluding carboxylic acids is 2. The Morgan fingerprint density at radius 1 is 1.03 bits per heavy atom. The van der Waals surface area contributed by atoms with Crippen LogP contribution in [-0.4, -0.2) is 37.8 Å². The van der Waals surface area contributed by atoms with Gasteiger partial charge in [0, 0.05) is 34.6 Å². The number of nitrogens with zero attached hydrogens (tertiary/aromatic N) is 3. The number of likely N-dealkylation sites (tertiary alicyclic amines) is 1. The van der Waals surface area contributed by atoms with Crippen LogP contribution in [0.4, 0.5) is 0 Å². The molecule has 1 aliphatic heterocycles. The van der Waals surface area contributed by atoms with Crippen molar-refractivity contribution in [3.05, 3.63) is 123 Å². The Morgan fingerprint density at radius 3 is 2.49 bits per heavy atom. The number of hydrogen-bond acceptors (Lipinski definition) is 5. The van der Waals surface area contributed by atoms with Crippen LogP contribution in [0.15, 0.2) is 97.1 Å². The standard InChI is InChI=1S/C31H28IN3O4/c1-21-4-2-5-22(18-21)19-39-26-12-8-24(9-13-26)29(36)27-28(23-6-10-25(32)11-7-23)35(31(38)30(27)37)16-3-15-34-17-14-33-20-34/h2,4-14,17-18,20,28,36H,3,15-16,19H2,1H3/b29-27+. The average Bonchev–Trinajstić information content (AvgIpc) is 3.55. The molecule has 39 heavy (non-hydrogen) atoms. The number of aromatic nitrogens is 2. The molecule has 0 spiro atoms. The molecule has 1 amide bonds. The van der Waals surface area contributed by atoms with Gasteiger partial charge in [-0.25, -0.2) is 4.98 Å². The highest BCUT2D eigenvalue weighted by Gasteiger charge is 2.45. The van der Waals surface area contributed by atoms with Crippen LogP contribution in [-0.2, 0) is 22.7 Å². The molecular formula is C31H28IN3O4. The van der Waals surface area contributed by atoms with Gasteiger partial charge in [0.05, 0.1) is 17.9 Å². The molecule has 1 unspecified atom stereocenters. The van der Waals surface area contributed by atoms with E-state index in [-0.39, 0.29) is 11.3 Å². The lowest BCUT2D eigenvalue weighted by Crippen LogP contribution is -2.31. The summed E-state index contributed by atoms with van der Waals surface area (Å²) in [5, 5.41) is 11.3. The number of halogens is 1. The molecule has 7 nitrogen and oxygen atoms in total. The van der Waals surface area contributed by atoms with E-state index < -0.39 is 17.7 Å². The van der Waals surface area contributed by atoms with Crippen molar-refractivity contribution < 1.29 is 19.4 Å². The molecule has 1 saturated heterocycles. The Morgan fingerprint density at radius 2 is 1.79 bits per heavy atom. The fraction of sp³-hybridized carbons (Fsp3) is 0.194. The SMILES string of the molecule is Cc1cccc(COc2ccc(/C(O)=C3\C(=O)C(=O)N(CCCn4ccnc4)C3c3ccc(I)cc3)cc2)c1. The topological polar surface area (TPSA) is 84.7 Å². The lowest BCUT2D eigenvalue weighted by atomic mass is 9.95. The van der Waals surface area contributed by atoms with E-state index in [4.69, 9.17) is 4.74 Å². The molecule has 198 valence electrons. The van der Waals surface area contributed by atoms with Gasteiger partial charge in [-0.15, -0.1) is 0 Å². The Kier molecular flexibility index (Phi) is 8.11. The van der Waals surface area contributed by atoms with Crippen LogP contribution in [0, 0.1) is 10.5 Å². The maximum Gasteiger partial charge on any atom is 0.295 e. The molecule has 3 aromatic carbocycles. The van der Waals surface area contributed by atoms with E-state index in [9.17, 15) is 14.7 Å². The van der Waals surface area contributed by atoms with Crippen molar-refractivity contribution in [2.24, 2.45) is 0 Å². The fourth-order valence-corrected chi connectivity index (χ4v) is 5.14. The molecule has 0 saturated carbocycles. The van der Waals surface area contributed by atoms with Crippen LogP contribution in [0.3, 0.4) is 0 Å². The van der Waals surface area contributed by atoms with Gasteiger partial charge in [-0.3, -0.25) is 9.59 Å². The smallest absolute Gasteiger partial charge is 0.295 e. The Balaban J connectivity index is 1.41. The van der Waals surface area contributed by atoms with Gasteiger partial charge in [0.25, 0.3) is 11.7 Å². The number of aliphatic hydroxyl groups excluding tert-OH is 1. The number of aryl methyl sites for hydroxylation is 2. The summed E-state index contributed by atoms with van der Waals surface area (Å²) in [6, 6.07) is 22.0. The zero-order valence-corrected chi connectivity index (χ0v) is 23.6. The van der Waals surface area contributed by atoms with Crippen LogP contribution >= 0.6 is 22.6 Å². The summed E-state index contributed by atoms with van der Waals surface area (Å²) in [6.45, 7) is 3.48. The van der Waals surface area contributed by atoms with E-state index in [2.05, 4.69) is 33.6 Å². The number of carbonyl (C=O) groups is 2. The van der Waals surface area contributed by atoms with Crippen molar-refractivity contribution in [1.82, 2.24) is 14.5 Å². The Hall–Kier alpha value is -3.92. The average molecular weight is 633 g/mol. The number of amides is 1. The second kappa shape index (κ2) is 11.9. The molecular weight excluding hydrogens is 605 g/mol. The normalized spacial score (nSPS) is 16.6. The summed E-state index contributed by atoms with van der Waals surface area (Å²) in [4.78, 5) is 32.1. The molecule has 8 heteroatoms. The first-order valence-corrected chi connectivity index (χ1v) is 13.8. The lowest BCUT2D eigenvalue weighted by Gasteiger charge is -2.25. The number of Topliss-reactive ketones (excluding diaryl/α,β-unsaturated/α-hetero) is 1. The Labute approximate surface area is 240 Å². The molecule has 1 atom stereocenters. The Bertz CT molecular complexity index is 1500. The molecule has 1 N–H and O–H groups in total. The minimum Gasteiger partial charge on any atom is -0.507 e. The van der Waals surface area contributed by atoms with Crippen molar-refractivity contribution in [2.45, 2.75) is 32.5 Å². The second-order valence-corrected chi connectivity index (χ2v) is 10.7. The van der Waals surface area contributed by atoms with Crippen molar-refractivity contribution in [3.8, 4) is 5.75 Å². The predicted octanol–water partition coefficient (Wildman–Crippen LogP) is 5.89. The van der Waals surface area contributed by atoms with Crippen LogP contribution in [0.25, 0.3) is 5.76 Å². The van der Waals surface area contributed by atoms with E-state index in [1.54, 1.807) is 41.7 Å². The summed E-state index contributed by atoms with van der Waals surface area (Å²) in [5.74, 6) is -0.844. The lowest BCUT2D eigenvalue weighted by molar-refractivity contribution is -0.139. The highest BCUT2D eigenvalue weighted by molar-refractivity contribution is 14.1.